The van der Waals surface area contributed by atoms with Gasteiger partial charge in [-0.05, 0) is 30.2 Å². The predicted molar refractivity (Wildman–Crippen MR) is 81.3 cm³/mol. The van der Waals surface area contributed by atoms with E-state index < -0.39 is 5.91 Å². The number of aromatic hydroxyl groups is 2. The molecule has 0 saturated carbocycles. The van der Waals surface area contributed by atoms with Crippen LogP contribution in [0.4, 0.5) is 5.13 Å². The maximum absolute atomic E-state index is 12.0. The van der Waals surface area contributed by atoms with Crippen LogP contribution in [0.25, 0.3) is 6.08 Å². The van der Waals surface area contributed by atoms with E-state index in [1.165, 1.54) is 29.5 Å². The maximum Gasteiger partial charge on any atom is 0.268 e. The van der Waals surface area contributed by atoms with Crippen LogP contribution in [0.3, 0.4) is 0 Å². The minimum absolute atomic E-state index is 0.166. The van der Waals surface area contributed by atoms with Crippen LogP contribution in [-0.4, -0.2) is 26.3 Å². The Kier molecular flexibility index (Phi) is 4.70. The number of benzene rings is 1. The molecule has 7 nitrogen and oxygen atoms in total. The third kappa shape index (κ3) is 3.80. The molecule has 8 heteroatoms. The van der Waals surface area contributed by atoms with Gasteiger partial charge in [-0.2, -0.15) is 5.26 Å². The summed E-state index contributed by atoms with van der Waals surface area (Å²) in [6.07, 6.45) is 1.97. The highest BCUT2D eigenvalue weighted by Gasteiger charge is 2.12. The van der Waals surface area contributed by atoms with Crippen molar-refractivity contribution in [2.45, 2.75) is 13.3 Å². The van der Waals surface area contributed by atoms with E-state index in [2.05, 4.69) is 15.5 Å². The number of carbonyl (C=O) groups excluding carboxylic acids is 1. The van der Waals surface area contributed by atoms with E-state index in [0.717, 1.165) is 11.1 Å². The normalized spacial score (nSPS) is 11.0. The predicted octanol–water partition coefficient (Wildman–Crippen LogP) is 2.06. The van der Waals surface area contributed by atoms with Crippen molar-refractivity contribution < 1.29 is 15.0 Å². The van der Waals surface area contributed by atoms with E-state index in [4.69, 9.17) is 5.26 Å². The number of aryl methyl sites for hydroxylation is 1. The second kappa shape index (κ2) is 6.69. The van der Waals surface area contributed by atoms with Crippen molar-refractivity contribution in [3.05, 3.63) is 34.3 Å². The van der Waals surface area contributed by atoms with Crippen molar-refractivity contribution in [2.24, 2.45) is 0 Å². The maximum atomic E-state index is 12.0. The Hall–Kier alpha value is -2.92. The summed E-state index contributed by atoms with van der Waals surface area (Å²) in [5.41, 5.74) is 0.147. The lowest BCUT2D eigenvalue weighted by Crippen LogP contribution is -2.13. The zero-order valence-corrected chi connectivity index (χ0v) is 12.4. The first-order valence-corrected chi connectivity index (χ1v) is 7.12. The molecule has 0 radical (unpaired) electrons. The number of hydrogen-bond acceptors (Lipinski definition) is 7. The summed E-state index contributed by atoms with van der Waals surface area (Å²) in [6.45, 7) is 1.92. The summed E-state index contributed by atoms with van der Waals surface area (Å²) < 4.78 is 0. The van der Waals surface area contributed by atoms with E-state index in [-0.39, 0.29) is 17.1 Å². The fraction of sp³-hybridized carbons (Fsp3) is 0.143. The van der Waals surface area contributed by atoms with Crippen molar-refractivity contribution in [1.82, 2.24) is 10.2 Å². The number of aromatic nitrogens is 2. The summed E-state index contributed by atoms with van der Waals surface area (Å²) in [5.74, 6) is -0.967. The molecule has 1 aromatic heterocycles. The molecule has 2 rings (SSSR count). The van der Waals surface area contributed by atoms with E-state index in [1.54, 1.807) is 6.07 Å². The van der Waals surface area contributed by atoms with Crippen LogP contribution in [0, 0.1) is 11.3 Å². The molecule has 0 atom stereocenters. The highest BCUT2D eigenvalue weighted by Crippen LogP contribution is 2.22. The van der Waals surface area contributed by atoms with Crippen molar-refractivity contribution in [2.75, 3.05) is 5.32 Å². The van der Waals surface area contributed by atoms with Gasteiger partial charge in [0, 0.05) is 6.07 Å². The monoisotopic (exact) mass is 316 g/mol. The number of nitriles is 1. The van der Waals surface area contributed by atoms with Gasteiger partial charge in [0.2, 0.25) is 5.13 Å². The molecule has 3 N–H and O–H groups in total. The number of amides is 1. The molecule has 0 fully saturated rings. The van der Waals surface area contributed by atoms with Crippen LogP contribution in [0.1, 0.15) is 17.5 Å². The Balaban J connectivity index is 2.21. The van der Waals surface area contributed by atoms with Gasteiger partial charge in [-0.25, -0.2) is 0 Å². The highest BCUT2D eigenvalue weighted by atomic mass is 32.1. The highest BCUT2D eigenvalue weighted by molar-refractivity contribution is 7.15. The molecular weight excluding hydrogens is 304 g/mol. The molecule has 112 valence electrons. The molecule has 0 unspecified atom stereocenters. The second-order valence-electron chi connectivity index (χ2n) is 4.26. The quantitative estimate of drug-likeness (QED) is 0.586. The summed E-state index contributed by atoms with van der Waals surface area (Å²) in [6, 6.07) is 5.57. The Bertz CT molecular complexity index is 756. The average Bonchev–Trinajstić information content (AvgIpc) is 2.91. The lowest BCUT2D eigenvalue weighted by molar-refractivity contribution is -0.112. The van der Waals surface area contributed by atoms with Gasteiger partial charge >= 0.3 is 0 Å². The van der Waals surface area contributed by atoms with Crippen LogP contribution < -0.4 is 5.32 Å². The lowest BCUT2D eigenvalue weighted by Gasteiger charge is -2.01. The minimum atomic E-state index is -0.635. The van der Waals surface area contributed by atoms with Crippen molar-refractivity contribution in [3.63, 3.8) is 0 Å². The largest absolute Gasteiger partial charge is 0.508 e. The SMILES string of the molecule is CCc1nnc(NC(=O)/C(C#N)=C\c2cc(O)cc(O)c2)s1. The fourth-order valence-electron chi connectivity index (χ4n) is 1.63. The number of carbonyl (C=O) groups is 1. The fourth-order valence-corrected chi connectivity index (χ4v) is 2.30. The van der Waals surface area contributed by atoms with E-state index in [1.807, 2.05) is 6.92 Å². The molecule has 0 aliphatic carbocycles. The first-order valence-electron chi connectivity index (χ1n) is 6.30. The Morgan fingerprint density at radius 2 is 2.05 bits per heavy atom. The Morgan fingerprint density at radius 1 is 1.36 bits per heavy atom. The molecule has 0 saturated heterocycles. The zero-order chi connectivity index (χ0) is 16.1. The van der Waals surface area contributed by atoms with Crippen LogP contribution in [0.5, 0.6) is 11.5 Å². The number of phenols is 2. The summed E-state index contributed by atoms with van der Waals surface area (Å²) in [5, 5.41) is 39.1. The zero-order valence-electron chi connectivity index (χ0n) is 11.6. The van der Waals surface area contributed by atoms with Gasteiger partial charge in [0.1, 0.15) is 28.1 Å². The van der Waals surface area contributed by atoms with Crippen LogP contribution in [0.15, 0.2) is 23.8 Å². The summed E-state index contributed by atoms with van der Waals surface area (Å²) in [7, 11) is 0. The molecule has 0 aliphatic heterocycles. The average molecular weight is 316 g/mol. The number of hydrogen-bond donors (Lipinski definition) is 3. The van der Waals surface area contributed by atoms with Crippen LogP contribution >= 0.6 is 11.3 Å². The lowest BCUT2D eigenvalue weighted by atomic mass is 10.1. The smallest absolute Gasteiger partial charge is 0.268 e. The molecule has 1 heterocycles. The first kappa shape index (κ1) is 15.5. The first-order chi connectivity index (χ1) is 10.5. The van der Waals surface area contributed by atoms with Gasteiger partial charge in [-0.3, -0.25) is 10.1 Å². The third-order valence-corrected chi connectivity index (χ3v) is 3.57. The number of rotatable bonds is 4. The second-order valence-corrected chi connectivity index (χ2v) is 5.32. The Labute approximate surface area is 130 Å². The van der Waals surface area contributed by atoms with Crippen LogP contribution in [0.2, 0.25) is 0 Å². The van der Waals surface area contributed by atoms with Gasteiger partial charge in [0.15, 0.2) is 0 Å². The van der Waals surface area contributed by atoms with E-state index >= 15 is 0 Å². The molecular formula is C14H12N4O3S. The summed E-state index contributed by atoms with van der Waals surface area (Å²) >= 11 is 1.23. The standard InChI is InChI=1S/C14H12N4O3S/c1-2-12-17-18-14(22-12)16-13(21)9(7-15)3-8-4-10(19)6-11(20)5-8/h3-6,19-20H,2H2,1H3,(H,16,18,21)/b9-3-. The molecule has 2 aromatic rings. The van der Waals surface area contributed by atoms with Crippen molar-refractivity contribution in [3.8, 4) is 17.6 Å². The molecule has 22 heavy (non-hydrogen) atoms. The number of nitrogens with zero attached hydrogens (tertiary/aromatic N) is 3. The third-order valence-electron chi connectivity index (χ3n) is 2.59. The molecule has 0 spiro atoms. The van der Waals surface area contributed by atoms with Gasteiger partial charge < -0.3 is 10.2 Å². The molecule has 0 aliphatic rings. The van der Waals surface area contributed by atoms with Crippen molar-refractivity contribution >= 4 is 28.5 Å². The molecule has 1 amide bonds. The number of nitrogens with one attached hydrogen (secondary N) is 1. The van der Waals surface area contributed by atoms with Crippen molar-refractivity contribution in [1.29, 1.82) is 5.26 Å². The van der Waals surface area contributed by atoms with E-state index in [9.17, 15) is 15.0 Å². The van der Waals surface area contributed by atoms with Crippen LogP contribution in [-0.2, 0) is 11.2 Å². The van der Waals surface area contributed by atoms with E-state index in [0.29, 0.717) is 17.1 Å². The Morgan fingerprint density at radius 3 is 2.59 bits per heavy atom. The van der Waals surface area contributed by atoms with Gasteiger partial charge in [0.05, 0.1) is 0 Å². The molecule has 1 aromatic carbocycles. The topological polar surface area (TPSA) is 119 Å². The van der Waals surface area contributed by atoms with Gasteiger partial charge in [0.25, 0.3) is 5.91 Å². The minimum Gasteiger partial charge on any atom is -0.508 e. The number of anilines is 1. The molecule has 0 bridgehead atoms. The van der Waals surface area contributed by atoms with Gasteiger partial charge in [-0.1, -0.05) is 18.3 Å². The number of phenolic OH excluding ortho intramolecular Hbond substituents is 2. The van der Waals surface area contributed by atoms with Gasteiger partial charge in [-0.15, -0.1) is 10.2 Å². The summed E-state index contributed by atoms with van der Waals surface area (Å²) in [4.78, 5) is 12.0.